The highest BCUT2D eigenvalue weighted by molar-refractivity contribution is 7.85. The Kier molecular flexibility index (Phi) is 6.74. The first-order valence-corrected chi connectivity index (χ1v) is 9.44. The van der Waals surface area contributed by atoms with E-state index in [-0.39, 0.29) is 18.1 Å². The number of carbonyl (C=O) groups is 1. The summed E-state index contributed by atoms with van der Waals surface area (Å²) in [6, 6.07) is 9.80. The molecule has 1 aliphatic rings. The third-order valence-electron chi connectivity index (χ3n) is 4.10. The van der Waals surface area contributed by atoms with Gasteiger partial charge < -0.3 is 10.1 Å². The van der Waals surface area contributed by atoms with E-state index in [9.17, 15) is 9.00 Å². The zero-order valence-electron chi connectivity index (χ0n) is 13.9. The smallest absolute Gasteiger partial charge is 0.246 e. The molecule has 1 aliphatic heterocycles. The number of hydrogen-bond acceptors (Lipinski definition) is 4. The van der Waals surface area contributed by atoms with Crippen molar-refractivity contribution in [2.45, 2.75) is 26.0 Å². The molecule has 1 aromatic carbocycles. The van der Waals surface area contributed by atoms with E-state index in [4.69, 9.17) is 4.74 Å². The maximum atomic E-state index is 11.9. The van der Waals surface area contributed by atoms with Crippen LogP contribution in [0.4, 0.5) is 0 Å². The number of nitrogens with one attached hydrogen (secondary N) is 1. The van der Waals surface area contributed by atoms with Gasteiger partial charge in [-0.15, -0.1) is 0 Å². The van der Waals surface area contributed by atoms with Crippen molar-refractivity contribution in [3.8, 4) is 0 Å². The quantitative estimate of drug-likeness (QED) is 0.811. The maximum absolute atomic E-state index is 11.9. The van der Waals surface area contributed by atoms with Crippen LogP contribution in [0.3, 0.4) is 0 Å². The van der Waals surface area contributed by atoms with Gasteiger partial charge in [0.2, 0.25) is 5.91 Å². The highest BCUT2D eigenvalue weighted by Crippen LogP contribution is 2.16. The van der Waals surface area contributed by atoms with Gasteiger partial charge >= 0.3 is 0 Å². The van der Waals surface area contributed by atoms with Crippen LogP contribution in [0.1, 0.15) is 19.4 Å². The SMILES string of the molecule is CC(C)(CNC(=O)COCc1ccccc1)N1CCS(=O)CC1. The van der Waals surface area contributed by atoms with Crippen molar-refractivity contribution in [3.63, 3.8) is 0 Å². The van der Waals surface area contributed by atoms with Crippen LogP contribution in [0.25, 0.3) is 0 Å². The molecule has 6 heteroatoms. The van der Waals surface area contributed by atoms with Crippen LogP contribution < -0.4 is 5.32 Å². The molecule has 1 saturated heterocycles. The van der Waals surface area contributed by atoms with Gasteiger partial charge in [-0.3, -0.25) is 13.9 Å². The minimum atomic E-state index is -0.680. The molecule has 1 amide bonds. The molecule has 1 fully saturated rings. The summed E-state index contributed by atoms with van der Waals surface area (Å²) >= 11 is 0. The maximum Gasteiger partial charge on any atom is 0.246 e. The molecule has 1 N–H and O–H groups in total. The molecule has 128 valence electrons. The van der Waals surface area contributed by atoms with Crippen molar-refractivity contribution in [1.82, 2.24) is 10.2 Å². The van der Waals surface area contributed by atoms with Crippen molar-refractivity contribution in [2.24, 2.45) is 0 Å². The summed E-state index contributed by atoms with van der Waals surface area (Å²) in [6.45, 7) is 6.91. The number of rotatable bonds is 7. The molecular weight excluding hydrogens is 312 g/mol. The zero-order chi connectivity index (χ0) is 16.7. The lowest BCUT2D eigenvalue weighted by atomic mass is 10.0. The fourth-order valence-electron chi connectivity index (χ4n) is 2.56. The number of amides is 1. The van der Waals surface area contributed by atoms with E-state index >= 15 is 0 Å². The third kappa shape index (κ3) is 6.05. The second kappa shape index (κ2) is 8.57. The van der Waals surface area contributed by atoms with Crippen molar-refractivity contribution in [3.05, 3.63) is 35.9 Å². The monoisotopic (exact) mass is 338 g/mol. The molecule has 23 heavy (non-hydrogen) atoms. The summed E-state index contributed by atoms with van der Waals surface area (Å²) < 4.78 is 16.9. The van der Waals surface area contributed by atoms with Crippen LogP contribution in [0.15, 0.2) is 30.3 Å². The molecule has 0 unspecified atom stereocenters. The first kappa shape index (κ1) is 18.1. The van der Waals surface area contributed by atoms with Gasteiger partial charge in [0.1, 0.15) is 6.61 Å². The molecular formula is C17H26N2O3S. The summed E-state index contributed by atoms with van der Waals surface area (Å²) in [5.74, 6) is 1.34. The predicted molar refractivity (Wildman–Crippen MR) is 92.6 cm³/mol. The van der Waals surface area contributed by atoms with E-state index in [1.807, 2.05) is 30.3 Å². The Hall–Kier alpha value is -1.24. The topological polar surface area (TPSA) is 58.6 Å². The van der Waals surface area contributed by atoms with Gasteiger partial charge in [0.05, 0.1) is 6.61 Å². The van der Waals surface area contributed by atoms with Crippen molar-refractivity contribution in [2.75, 3.05) is 37.7 Å². The molecule has 0 atom stereocenters. The molecule has 0 bridgehead atoms. The molecule has 0 saturated carbocycles. The number of carbonyl (C=O) groups excluding carboxylic acids is 1. The average Bonchev–Trinajstić information content (AvgIpc) is 2.54. The zero-order valence-corrected chi connectivity index (χ0v) is 14.7. The number of hydrogen-bond donors (Lipinski definition) is 1. The van der Waals surface area contributed by atoms with Gasteiger partial charge in [0.25, 0.3) is 0 Å². The van der Waals surface area contributed by atoms with Crippen LogP contribution in [0, 0.1) is 0 Å². The Morgan fingerprint density at radius 3 is 2.57 bits per heavy atom. The fourth-order valence-corrected chi connectivity index (χ4v) is 3.61. The van der Waals surface area contributed by atoms with Gasteiger partial charge in [-0.1, -0.05) is 30.3 Å². The molecule has 1 aromatic rings. The van der Waals surface area contributed by atoms with Gasteiger partial charge in [0, 0.05) is 47.5 Å². The van der Waals surface area contributed by atoms with E-state index < -0.39 is 10.8 Å². The van der Waals surface area contributed by atoms with E-state index in [0.717, 1.165) is 30.2 Å². The first-order chi connectivity index (χ1) is 11.0. The summed E-state index contributed by atoms with van der Waals surface area (Å²) in [4.78, 5) is 14.2. The average molecular weight is 338 g/mol. The highest BCUT2D eigenvalue weighted by atomic mass is 32.2. The summed E-state index contributed by atoms with van der Waals surface area (Å²) in [5.41, 5.74) is 0.918. The number of ether oxygens (including phenoxy) is 1. The Balaban J connectivity index is 1.67. The van der Waals surface area contributed by atoms with Gasteiger partial charge in [-0.05, 0) is 19.4 Å². The van der Waals surface area contributed by atoms with Crippen LogP contribution in [0.5, 0.6) is 0 Å². The summed E-state index contributed by atoms with van der Waals surface area (Å²) in [5, 5.41) is 2.94. The van der Waals surface area contributed by atoms with Gasteiger partial charge in [0.15, 0.2) is 0 Å². The predicted octanol–water partition coefficient (Wildman–Crippen LogP) is 1.16. The summed E-state index contributed by atoms with van der Waals surface area (Å²) in [6.07, 6.45) is 0. The fraction of sp³-hybridized carbons (Fsp3) is 0.588. The summed E-state index contributed by atoms with van der Waals surface area (Å²) in [7, 11) is -0.680. The van der Waals surface area contributed by atoms with Crippen LogP contribution in [-0.2, 0) is 26.9 Å². The largest absolute Gasteiger partial charge is 0.367 e. The van der Waals surface area contributed by atoms with E-state index in [1.54, 1.807) is 0 Å². The van der Waals surface area contributed by atoms with Crippen LogP contribution in [0.2, 0.25) is 0 Å². The minimum Gasteiger partial charge on any atom is -0.367 e. The Bertz CT molecular complexity index is 524. The minimum absolute atomic E-state index is 0.0645. The highest BCUT2D eigenvalue weighted by Gasteiger charge is 2.29. The lowest BCUT2D eigenvalue weighted by Crippen LogP contribution is -2.56. The molecule has 5 nitrogen and oxygen atoms in total. The van der Waals surface area contributed by atoms with E-state index in [2.05, 4.69) is 24.1 Å². The van der Waals surface area contributed by atoms with Crippen molar-refractivity contribution in [1.29, 1.82) is 0 Å². The Morgan fingerprint density at radius 2 is 1.91 bits per heavy atom. The normalized spacial score (nSPS) is 17.1. The lowest BCUT2D eigenvalue weighted by molar-refractivity contribution is -0.126. The molecule has 0 aliphatic carbocycles. The first-order valence-electron chi connectivity index (χ1n) is 7.96. The molecule has 1 heterocycles. The molecule has 0 spiro atoms. The molecule has 0 radical (unpaired) electrons. The Morgan fingerprint density at radius 1 is 1.26 bits per heavy atom. The lowest BCUT2D eigenvalue weighted by Gasteiger charge is -2.40. The number of benzene rings is 1. The molecule has 2 rings (SSSR count). The van der Waals surface area contributed by atoms with E-state index in [1.165, 1.54) is 0 Å². The second-order valence-electron chi connectivity index (χ2n) is 6.40. The molecule has 0 aromatic heterocycles. The van der Waals surface area contributed by atoms with Crippen LogP contribution >= 0.6 is 0 Å². The van der Waals surface area contributed by atoms with Crippen LogP contribution in [-0.4, -0.2) is 58.3 Å². The second-order valence-corrected chi connectivity index (χ2v) is 8.10. The Labute approximate surface area is 140 Å². The number of nitrogens with zero attached hydrogens (tertiary/aromatic N) is 1. The standard InChI is InChI=1S/C17H26N2O3S/c1-17(2,19-8-10-23(21)11-9-19)14-18-16(20)13-22-12-15-6-4-3-5-7-15/h3-7H,8-14H2,1-2H3,(H,18,20). The van der Waals surface area contributed by atoms with Crippen molar-refractivity contribution >= 4 is 16.7 Å². The van der Waals surface area contributed by atoms with E-state index in [0.29, 0.717) is 13.2 Å². The van der Waals surface area contributed by atoms with Crippen molar-refractivity contribution < 1.29 is 13.7 Å². The van der Waals surface area contributed by atoms with Gasteiger partial charge in [-0.2, -0.15) is 0 Å². The third-order valence-corrected chi connectivity index (χ3v) is 5.37. The van der Waals surface area contributed by atoms with Gasteiger partial charge in [-0.25, -0.2) is 0 Å².